The van der Waals surface area contributed by atoms with E-state index in [4.69, 9.17) is 4.74 Å². The highest BCUT2D eigenvalue weighted by molar-refractivity contribution is 5.26. The van der Waals surface area contributed by atoms with Crippen LogP contribution in [0.3, 0.4) is 0 Å². The Bertz CT molecular complexity index is 462. The molecule has 1 aliphatic carbocycles. The molecule has 2 rings (SSSR count). The van der Waals surface area contributed by atoms with Gasteiger partial charge in [-0.25, -0.2) is 9.37 Å². The molecule has 110 valence electrons. The van der Waals surface area contributed by atoms with Crippen molar-refractivity contribution in [1.82, 2.24) is 10.3 Å². The molecule has 1 aliphatic rings. The summed E-state index contributed by atoms with van der Waals surface area (Å²) in [4.78, 5) is 4.09. The summed E-state index contributed by atoms with van der Waals surface area (Å²) in [7, 11) is 0. The summed E-state index contributed by atoms with van der Waals surface area (Å²) >= 11 is 0. The zero-order valence-corrected chi connectivity index (χ0v) is 12.2. The lowest BCUT2D eigenvalue weighted by Crippen LogP contribution is -2.22. The van der Waals surface area contributed by atoms with Gasteiger partial charge in [0.15, 0.2) is 0 Å². The molecule has 0 radical (unpaired) electrons. The number of rotatable bonds is 6. The van der Waals surface area contributed by atoms with E-state index in [1.807, 2.05) is 6.92 Å². The van der Waals surface area contributed by atoms with Crippen LogP contribution < -0.4 is 10.1 Å². The molecule has 4 heteroatoms. The second-order valence-corrected chi connectivity index (χ2v) is 5.39. The van der Waals surface area contributed by atoms with E-state index in [1.54, 1.807) is 0 Å². The molecule has 0 amide bonds. The molecular weight excluding hydrogens is 255 g/mol. The van der Waals surface area contributed by atoms with Gasteiger partial charge in [0.05, 0.1) is 12.8 Å². The number of allylic oxidation sites excluding steroid dienone is 2. The first-order valence-corrected chi connectivity index (χ1v) is 7.33. The van der Waals surface area contributed by atoms with E-state index in [1.165, 1.54) is 12.3 Å². The zero-order valence-electron chi connectivity index (χ0n) is 12.2. The van der Waals surface area contributed by atoms with Crippen LogP contribution in [0.2, 0.25) is 0 Å². The van der Waals surface area contributed by atoms with Crippen LogP contribution in [0.25, 0.3) is 0 Å². The molecule has 3 nitrogen and oxygen atoms in total. The lowest BCUT2D eigenvalue weighted by Gasteiger charge is -2.25. The van der Waals surface area contributed by atoms with Crippen LogP contribution in [0.15, 0.2) is 24.4 Å². The van der Waals surface area contributed by atoms with Crippen LogP contribution >= 0.6 is 0 Å². The van der Waals surface area contributed by atoms with Crippen molar-refractivity contribution in [2.45, 2.75) is 33.2 Å². The van der Waals surface area contributed by atoms with Crippen LogP contribution in [0, 0.1) is 17.7 Å². The molecule has 0 fully saturated rings. The van der Waals surface area contributed by atoms with Gasteiger partial charge in [-0.1, -0.05) is 26.0 Å². The van der Waals surface area contributed by atoms with Crippen molar-refractivity contribution in [2.75, 3.05) is 13.2 Å². The van der Waals surface area contributed by atoms with Crippen molar-refractivity contribution >= 4 is 0 Å². The highest BCUT2D eigenvalue weighted by atomic mass is 19.1. The Morgan fingerprint density at radius 2 is 2.20 bits per heavy atom. The number of pyridine rings is 1. The van der Waals surface area contributed by atoms with Crippen LogP contribution in [-0.4, -0.2) is 18.1 Å². The van der Waals surface area contributed by atoms with Crippen molar-refractivity contribution < 1.29 is 9.13 Å². The summed E-state index contributed by atoms with van der Waals surface area (Å²) in [6.45, 7) is 6.32. The van der Waals surface area contributed by atoms with E-state index in [0.29, 0.717) is 30.9 Å². The van der Waals surface area contributed by atoms with Gasteiger partial charge in [-0.15, -0.1) is 0 Å². The van der Waals surface area contributed by atoms with Crippen molar-refractivity contribution in [3.05, 3.63) is 35.8 Å². The maximum absolute atomic E-state index is 13.3. The molecule has 0 bridgehead atoms. The lowest BCUT2D eigenvalue weighted by molar-refractivity contribution is 0.190. The number of hydrogen-bond acceptors (Lipinski definition) is 3. The molecule has 0 aliphatic heterocycles. The quantitative estimate of drug-likeness (QED) is 0.811. The molecule has 1 aromatic rings. The molecule has 0 spiro atoms. The summed E-state index contributed by atoms with van der Waals surface area (Å²) < 4.78 is 19.1. The molecule has 20 heavy (non-hydrogen) atoms. The third-order valence-electron chi connectivity index (χ3n) is 3.81. The smallest absolute Gasteiger partial charge is 0.218 e. The van der Waals surface area contributed by atoms with Crippen LogP contribution in [-0.2, 0) is 6.54 Å². The first-order valence-electron chi connectivity index (χ1n) is 7.33. The number of hydrogen-bond donors (Lipinski definition) is 1. The van der Waals surface area contributed by atoms with E-state index >= 15 is 0 Å². The van der Waals surface area contributed by atoms with Gasteiger partial charge in [-0.05, 0) is 37.3 Å². The highest BCUT2D eigenvalue weighted by Crippen LogP contribution is 2.26. The minimum atomic E-state index is -0.320. The van der Waals surface area contributed by atoms with Gasteiger partial charge >= 0.3 is 0 Å². The average Bonchev–Trinajstić information content (AvgIpc) is 2.45. The Hall–Kier alpha value is -1.42. The summed E-state index contributed by atoms with van der Waals surface area (Å²) in [5.41, 5.74) is 0.783. The van der Waals surface area contributed by atoms with Gasteiger partial charge in [0.2, 0.25) is 5.88 Å². The maximum atomic E-state index is 13.3. The van der Waals surface area contributed by atoms with Gasteiger partial charge < -0.3 is 10.1 Å². The molecule has 0 saturated carbocycles. The lowest BCUT2D eigenvalue weighted by atomic mass is 9.85. The highest BCUT2D eigenvalue weighted by Gasteiger charge is 2.19. The fourth-order valence-electron chi connectivity index (χ4n) is 2.41. The number of halogens is 1. The monoisotopic (exact) mass is 278 g/mol. The van der Waals surface area contributed by atoms with Crippen LogP contribution in [0.1, 0.15) is 32.3 Å². The Morgan fingerprint density at radius 1 is 1.40 bits per heavy atom. The fraction of sp³-hybridized carbons (Fsp3) is 0.562. The minimum absolute atomic E-state index is 0.320. The predicted molar refractivity (Wildman–Crippen MR) is 78.1 cm³/mol. The summed E-state index contributed by atoms with van der Waals surface area (Å²) in [6, 6.07) is 1.50. The second kappa shape index (κ2) is 7.39. The first kappa shape index (κ1) is 15.0. The van der Waals surface area contributed by atoms with Gasteiger partial charge in [-0.3, -0.25) is 0 Å². The fourth-order valence-corrected chi connectivity index (χ4v) is 2.41. The van der Waals surface area contributed by atoms with Crippen LogP contribution in [0.5, 0.6) is 5.88 Å². The molecule has 2 unspecified atom stereocenters. The summed E-state index contributed by atoms with van der Waals surface area (Å²) in [6.07, 6.45) is 7.81. The van der Waals surface area contributed by atoms with E-state index < -0.39 is 0 Å². The van der Waals surface area contributed by atoms with Crippen molar-refractivity contribution in [1.29, 1.82) is 0 Å². The minimum Gasteiger partial charge on any atom is -0.477 e. The number of ether oxygens (including phenoxy) is 1. The van der Waals surface area contributed by atoms with E-state index in [2.05, 4.69) is 29.4 Å². The SMILES string of the molecule is CCNCc1cc(F)cnc1OCC1CC=CCC1C. The molecule has 1 N–H and O–H groups in total. The average molecular weight is 278 g/mol. The maximum Gasteiger partial charge on any atom is 0.218 e. The third-order valence-corrected chi connectivity index (χ3v) is 3.81. The summed E-state index contributed by atoms with van der Waals surface area (Å²) in [5, 5.41) is 3.18. The van der Waals surface area contributed by atoms with Gasteiger partial charge in [-0.2, -0.15) is 0 Å². The van der Waals surface area contributed by atoms with Crippen molar-refractivity contribution in [3.8, 4) is 5.88 Å². The molecule has 1 aromatic heterocycles. The molecule has 0 aromatic carbocycles. The molecular formula is C16H23FN2O. The third kappa shape index (κ3) is 4.04. The van der Waals surface area contributed by atoms with Gasteiger partial charge in [0.25, 0.3) is 0 Å². The Kier molecular flexibility index (Phi) is 5.53. The summed E-state index contributed by atoms with van der Waals surface area (Å²) in [5.74, 6) is 1.37. The number of aromatic nitrogens is 1. The molecule has 2 atom stereocenters. The van der Waals surface area contributed by atoms with Crippen LogP contribution in [0.4, 0.5) is 4.39 Å². The van der Waals surface area contributed by atoms with Crippen molar-refractivity contribution in [2.24, 2.45) is 11.8 Å². The van der Waals surface area contributed by atoms with Crippen molar-refractivity contribution in [3.63, 3.8) is 0 Å². The molecule has 0 saturated heterocycles. The Labute approximate surface area is 120 Å². The zero-order chi connectivity index (χ0) is 14.4. The van der Waals surface area contributed by atoms with E-state index in [9.17, 15) is 4.39 Å². The molecule has 1 heterocycles. The number of nitrogens with zero attached hydrogens (tertiary/aromatic N) is 1. The Balaban J connectivity index is 1.99. The Morgan fingerprint density at radius 3 is 2.95 bits per heavy atom. The normalized spacial score (nSPS) is 21.9. The van der Waals surface area contributed by atoms with Gasteiger partial charge in [0.1, 0.15) is 5.82 Å². The topological polar surface area (TPSA) is 34.2 Å². The number of nitrogens with one attached hydrogen (secondary N) is 1. The predicted octanol–water partition coefficient (Wildman–Crippen LogP) is 3.31. The van der Waals surface area contributed by atoms with E-state index in [0.717, 1.165) is 24.9 Å². The largest absolute Gasteiger partial charge is 0.477 e. The van der Waals surface area contributed by atoms with E-state index in [-0.39, 0.29) is 5.82 Å². The first-order chi connectivity index (χ1) is 9.70. The second-order valence-electron chi connectivity index (χ2n) is 5.39. The standard InChI is InChI=1S/C16H23FN2O/c1-3-18-9-14-8-15(17)10-19-16(14)20-11-13-7-5-4-6-12(13)2/h4-5,8,10,12-13,18H,3,6-7,9,11H2,1-2H3. The van der Waals surface area contributed by atoms with Gasteiger partial charge in [0, 0.05) is 12.1 Å².